The molecule has 0 aliphatic rings. The van der Waals surface area contributed by atoms with Crippen LogP contribution in [-0.2, 0) is 4.79 Å². The topological polar surface area (TPSA) is 76.4 Å². The van der Waals surface area contributed by atoms with Crippen LogP contribution in [0.2, 0.25) is 0 Å². The van der Waals surface area contributed by atoms with E-state index in [0.29, 0.717) is 11.4 Å². The summed E-state index contributed by atoms with van der Waals surface area (Å²) in [6, 6.07) is 5.09. The van der Waals surface area contributed by atoms with E-state index in [2.05, 4.69) is 10.6 Å². The molecule has 1 aromatic rings. The van der Waals surface area contributed by atoms with E-state index in [1.54, 1.807) is 32.2 Å². The van der Waals surface area contributed by atoms with E-state index in [1.165, 1.54) is 0 Å². The Balaban J connectivity index is 2.69. The largest absolute Gasteiger partial charge is 0.497 e. The SMILES string of the molecule is COc1ccc(NC(C)C(=O)NC(C)C)c(N)c1. The van der Waals surface area contributed by atoms with Gasteiger partial charge in [0, 0.05) is 12.1 Å². The van der Waals surface area contributed by atoms with Crippen molar-refractivity contribution < 1.29 is 9.53 Å². The van der Waals surface area contributed by atoms with Crippen molar-refractivity contribution in [3.8, 4) is 5.75 Å². The van der Waals surface area contributed by atoms with Crippen LogP contribution in [-0.4, -0.2) is 25.1 Å². The fourth-order valence-corrected chi connectivity index (χ4v) is 1.51. The lowest BCUT2D eigenvalue weighted by Gasteiger charge is -2.18. The number of carbonyl (C=O) groups excluding carboxylic acids is 1. The Bertz CT molecular complexity index is 419. The Labute approximate surface area is 108 Å². The maximum Gasteiger partial charge on any atom is 0.242 e. The lowest BCUT2D eigenvalue weighted by Crippen LogP contribution is -2.41. The van der Waals surface area contributed by atoms with Gasteiger partial charge in [-0.15, -0.1) is 0 Å². The molecule has 0 heterocycles. The second-order valence-corrected chi connectivity index (χ2v) is 4.48. The Kier molecular flexibility index (Phi) is 4.83. The lowest BCUT2D eigenvalue weighted by atomic mass is 10.2. The van der Waals surface area contributed by atoms with E-state index in [0.717, 1.165) is 5.69 Å². The Morgan fingerprint density at radius 3 is 2.50 bits per heavy atom. The molecule has 1 atom stereocenters. The van der Waals surface area contributed by atoms with E-state index < -0.39 is 0 Å². The predicted octanol–water partition coefficient (Wildman–Crippen LogP) is 1.60. The molecule has 1 rings (SSSR count). The van der Waals surface area contributed by atoms with Gasteiger partial charge < -0.3 is 21.1 Å². The van der Waals surface area contributed by atoms with Crippen LogP contribution < -0.4 is 21.1 Å². The van der Waals surface area contributed by atoms with Gasteiger partial charge in [-0.3, -0.25) is 4.79 Å². The summed E-state index contributed by atoms with van der Waals surface area (Å²) in [7, 11) is 1.58. The van der Waals surface area contributed by atoms with Gasteiger partial charge in [-0.05, 0) is 32.9 Å². The van der Waals surface area contributed by atoms with Crippen molar-refractivity contribution >= 4 is 17.3 Å². The number of amides is 1. The molecule has 0 radical (unpaired) electrons. The minimum absolute atomic E-state index is 0.0554. The Morgan fingerprint density at radius 1 is 1.33 bits per heavy atom. The van der Waals surface area contributed by atoms with Crippen LogP contribution in [0.3, 0.4) is 0 Å². The molecule has 1 amide bonds. The lowest BCUT2D eigenvalue weighted by molar-refractivity contribution is -0.122. The van der Waals surface area contributed by atoms with Crippen molar-refractivity contribution in [2.24, 2.45) is 0 Å². The van der Waals surface area contributed by atoms with E-state index in [9.17, 15) is 4.79 Å². The molecule has 0 aliphatic heterocycles. The average molecular weight is 251 g/mol. The molecule has 0 spiro atoms. The quantitative estimate of drug-likeness (QED) is 0.695. The zero-order valence-corrected chi connectivity index (χ0v) is 11.3. The van der Waals surface area contributed by atoms with Crippen LogP contribution in [0.1, 0.15) is 20.8 Å². The van der Waals surface area contributed by atoms with E-state index in [1.807, 2.05) is 13.8 Å². The number of benzene rings is 1. The molecule has 0 aliphatic carbocycles. The van der Waals surface area contributed by atoms with Crippen LogP contribution >= 0.6 is 0 Å². The molecule has 18 heavy (non-hydrogen) atoms. The Morgan fingerprint density at radius 2 is 2.00 bits per heavy atom. The van der Waals surface area contributed by atoms with Gasteiger partial charge >= 0.3 is 0 Å². The fraction of sp³-hybridized carbons (Fsp3) is 0.462. The molecule has 1 unspecified atom stereocenters. The summed E-state index contributed by atoms with van der Waals surface area (Å²) in [4.78, 5) is 11.8. The van der Waals surface area contributed by atoms with Gasteiger partial charge in [0.1, 0.15) is 11.8 Å². The molecule has 0 bridgehead atoms. The fourth-order valence-electron chi connectivity index (χ4n) is 1.51. The average Bonchev–Trinajstić information content (AvgIpc) is 2.30. The third kappa shape index (κ3) is 3.84. The van der Waals surface area contributed by atoms with Crippen molar-refractivity contribution in [1.29, 1.82) is 0 Å². The summed E-state index contributed by atoms with van der Waals surface area (Å²) in [6.45, 7) is 5.64. The number of methoxy groups -OCH3 is 1. The van der Waals surface area contributed by atoms with Gasteiger partial charge in [-0.25, -0.2) is 0 Å². The minimum atomic E-state index is -0.344. The van der Waals surface area contributed by atoms with Crippen LogP contribution in [0.15, 0.2) is 18.2 Å². The van der Waals surface area contributed by atoms with Gasteiger partial charge in [0.2, 0.25) is 5.91 Å². The minimum Gasteiger partial charge on any atom is -0.497 e. The third-order valence-corrected chi connectivity index (χ3v) is 2.45. The summed E-state index contributed by atoms with van der Waals surface area (Å²) in [5.41, 5.74) is 7.15. The molecule has 5 nitrogen and oxygen atoms in total. The van der Waals surface area contributed by atoms with Gasteiger partial charge in [0.25, 0.3) is 0 Å². The van der Waals surface area contributed by atoms with E-state index >= 15 is 0 Å². The Hall–Kier alpha value is -1.91. The standard InChI is InChI=1S/C13H21N3O2/c1-8(2)15-13(17)9(3)16-12-6-5-10(18-4)7-11(12)14/h5-9,16H,14H2,1-4H3,(H,15,17). The van der Waals surface area contributed by atoms with Crippen molar-refractivity contribution in [2.75, 3.05) is 18.2 Å². The van der Waals surface area contributed by atoms with Gasteiger partial charge in [-0.1, -0.05) is 0 Å². The van der Waals surface area contributed by atoms with E-state index in [4.69, 9.17) is 10.5 Å². The first-order valence-corrected chi connectivity index (χ1v) is 5.94. The first-order chi connectivity index (χ1) is 8.43. The zero-order valence-electron chi connectivity index (χ0n) is 11.3. The monoisotopic (exact) mass is 251 g/mol. The second-order valence-electron chi connectivity index (χ2n) is 4.48. The molecular weight excluding hydrogens is 230 g/mol. The molecule has 5 heteroatoms. The maximum absolute atomic E-state index is 11.8. The number of ether oxygens (including phenoxy) is 1. The molecule has 0 saturated heterocycles. The van der Waals surface area contributed by atoms with Crippen LogP contribution in [0, 0.1) is 0 Å². The number of hydrogen-bond donors (Lipinski definition) is 3. The smallest absolute Gasteiger partial charge is 0.242 e. The number of hydrogen-bond acceptors (Lipinski definition) is 4. The molecule has 4 N–H and O–H groups in total. The number of nitrogen functional groups attached to an aromatic ring is 1. The van der Waals surface area contributed by atoms with E-state index in [-0.39, 0.29) is 18.0 Å². The first kappa shape index (κ1) is 14.2. The van der Waals surface area contributed by atoms with Gasteiger partial charge in [0.15, 0.2) is 0 Å². The summed E-state index contributed by atoms with van der Waals surface area (Å²) in [5, 5.41) is 5.91. The number of rotatable bonds is 5. The van der Waals surface area contributed by atoms with Crippen LogP contribution in [0.5, 0.6) is 5.75 Å². The summed E-state index contributed by atoms with van der Waals surface area (Å²) in [6.07, 6.45) is 0. The van der Waals surface area contributed by atoms with Crippen molar-refractivity contribution in [3.05, 3.63) is 18.2 Å². The van der Waals surface area contributed by atoms with Crippen molar-refractivity contribution in [2.45, 2.75) is 32.9 Å². The highest BCUT2D eigenvalue weighted by molar-refractivity contribution is 5.85. The number of anilines is 2. The normalized spacial score (nSPS) is 12.1. The molecule has 0 aromatic heterocycles. The second kappa shape index (κ2) is 6.14. The molecule has 1 aromatic carbocycles. The molecule has 100 valence electrons. The highest BCUT2D eigenvalue weighted by Gasteiger charge is 2.14. The van der Waals surface area contributed by atoms with Crippen molar-refractivity contribution in [1.82, 2.24) is 5.32 Å². The molecular formula is C13H21N3O2. The highest BCUT2D eigenvalue weighted by atomic mass is 16.5. The highest BCUT2D eigenvalue weighted by Crippen LogP contribution is 2.24. The first-order valence-electron chi connectivity index (χ1n) is 5.94. The number of carbonyl (C=O) groups is 1. The zero-order chi connectivity index (χ0) is 13.7. The third-order valence-electron chi connectivity index (χ3n) is 2.45. The number of nitrogens with one attached hydrogen (secondary N) is 2. The maximum atomic E-state index is 11.8. The van der Waals surface area contributed by atoms with Crippen LogP contribution in [0.25, 0.3) is 0 Å². The molecule has 0 fully saturated rings. The number of nitrogens with two attached hydrogens (primary N) is 1. The van der Waals surface area contributed by atoms with Gasteiger partial charge in [-0.2, -0.15) is 0 Å². The van der Waals surface area contributed by atoms with Gasteiger partial charge in [0.05, 0.1) is 18.5 Å². The van der Waals surface area contributed by atoms with Crippen LogP contribution in [0.4, 0.5) is 11.4 Å². The summed E-state index contributed by atoms with van der Waals surface area (Å²) in [5.74, 6) is 0.637. The molecule has 0 saturated carbocycles. The summed E-state index contributed by atoms with van der Waals surface area (Å²) < 4.78 is 5.07. The van der Waals surface area contributed by atoms with Crippen molar-refractivity contribution in [3.63, 3.8) is 0 Å². The summed E-state index contributed by atoms with van der Waals surface area (Å²) >= 11 is 0. The predicted molar refractivity (Wildman–Crippen MR) is 73.8 cm³/mol.